The van der Waals surface area contributed by atoms with Gasteiger partial charge in [0.25, 0.3) is 0 Å². The summed E-state index contributed by atoms with van der Waals surface area (Å²) in [6.45, 7) is 0. The molecule has 0 atom stereocenters. The van der Waals surface area contributed by atoms with Crippen LogP contribution in [0.2, 0.25) is 5.02 Å². The van der Waals surface area contributed by atoms with Crippen LogP contribution in [0.3, 0.4) is 0 Å². The van der Waals surface area contributed by atoms with E-state index in [0.717, 1.165) is 18.2 Å². The normalized spacial score (nSPS) is 10.6. The van der Waals surface area contributed by atoms with Crippen molar-refractivity contribution in [2.45, 2.75) is 0 Å². The summed E-state index contributed by atoms with van der Waals surface area (Å²) in [5.41, 5.74) is 0.884. The molecular formula is C16H9ClF2N2O3. The van der Waals surface area contributed by atoms with Gasteiger partial charge in [0.15, 0.2) is 0 Å². The van der Waals surface area contributed by atoms with Crippen LogP contribution in [0, 0.1) is 11.6 Å². The van der Waals surface area contributed by atoms with Gasteiger partial charge in [0.1, 0.15) is 11.6 Å². The standard InChI is InChI=1S/C16H9ClF2N2O3/c17-10-2-1-3-13(6-10)21-14(8-15(20-21)24-16(22)23)9-4-11(18)7-12(19)5-9/h1-8H,(H,22,23). The van der Waals surface area contributed by atoms with E-state index in [9.17, 15) is 13.6 Å². The highest BCUT2D eigenvalue weighted by atomic mass is 35.5. The first-order chi connectivity index (χ1) is 11.4. The van der Waals surface area contributed by atoms with Gasteiger partial charge in [-0.05, 0) is 30.3 Å². The second-order valence-corrected chi connectivity index (χ2v) is 5.22. The molecule has 122 valence electrons. The van der Waals surface area contributed by atoms with Crippen LogP contribution in [0.5, 0.6) is 5.88 Å². The van der Waals surface area contributed by atoms with Crippen LogP contribution < -0.4 is 4.74 Å². The van der Waals surface area contributed by atoms with Crippen LogP contribution in [-0.2, 0) is 0 Å². The molecule has 0 saturated carbocycles. The molecule has 0 saturated heterocycles. The molecular weight excluding hydrogens is 342 g/mol. The quantitative estimate of drug-likeness (QED) is 0.705. The Morgan fingerprint density at radius 3 is 2.46 bits per heavy atom. The van der Waals surface area contributed by atoms with Crippen LogP contribution >= 0.6 is 11.6 Å². The van der Waals surface area contributed by atoms with Gasteiger partial charge in [-0.1, -0.05) is 17.7 Å². The fraction of sp³-hybridized carbons (Fsp3) is 0. The molecule has 0 radical (unpaired) electrons. The highest BCUT2D eigenvalue weighted by molar-refractivity contribution is 6.30. The zero-order valence-corrected chi connectivity index (χ0v) is 12.7. The summed E-state index contributed by atoms with van der Waals surface area (Å²) in [6.07, 6.45) is -1.55. The number of nitrogens with zero attached hydrogens (tertiary/aromatic N) is 2. The molecule has 0 fully saturated rings. The van der Waals surface area contributed by atoms with Crippen molar-refractivity contribution >= 4 is 17.8 Å². The van der Waals surface area contributed by atoms with Gasteiger partial charge in [0, 0.05) is 22.7 Å². The zero-order valence-electron chi connectivity index (χ0n) is 11.9. The molecule has 2 aromatic carbocycles. The lowest BCUT2D eigenvalue weighted by molar-refractivity contribution is 0.142. The van der Waals surface area contributed by atoms with Crippen molar-refractivity contribution in [3.05, 3.63) is 65.2 Å². The second-order valence-electron chi connectivity index (χ2n) is 4.79. The highest BCUT2D eigenvalue weighted by Crippen LogP contribution is 2.29. The number of aromatic nitrogens is 2. The zero-order chi connectivity index (χ0) is 17.3. The molecule has 0 aliphatic heterocycles. The van der Waals surface area contributed by atoms with E-state index in [-0.39, 0.29) is 17.1 Å². The van der Waals surface area contributed by atoms with Gasteiger partial charge in [0.05, 0.1) is 11.4 Å². The Kier molecular flexibility index (Phi) is 4.18. The van der Waals surface area contributed by atoms with Crippen LogP contribution in [0.25, 0.3) is 16.9 Å². The maximum Gasteiger partial charge on any atom is 0.512 e. The van der Waals surface area contributed by atoms with E-state index >= 15 is 0 Å². The van der Waals surface area contributed by atoms with Crippen LogP contribution in [0.15, 0.2) is 48.5 Å². The van der Waals surface area contributed by atoms with Crippen LogP contribution in [0.1, 0.15) is 0 Å². The molecule has 8 heteroatoms. The molecule has 0 aliphatic rings. The van der Waals surface area contributed by atoms with Crippen molar-refractivity contribution in [2.24, 2.45) is 0 Å². The van der Waals surface area contributed by atoms with E-state index in [1.54, 1.807) is 24.3 Å². The highest BCUT2D eigenvalue weighted by Gasteiger charge is 2.16. The number of carboxylic acid groups (broad SMARTS) is 1. The molecule has 0 amide bonds. The Morgan fingerprint density at radius 1 is 1.12 bits per heavy atom. The summed E-state index contributed by atoms with van der Waals surface area (Å²) >= 11 is 5.95. The third kappa shape index (κ3) is 3.36. The van der Waals surface area contributed by atoms with Crippen molar-refractivity contribution in [1.82, 2.24) is 9.78 Å². The van der Waals surface area contributed by atoms with Gasteiger partial charge < -0.3 is 9.84 Å². The fourth-order valence-electron chi connectivity index (χ4n) is 2.21. The van der Waals surface area contributed by atoms with Crippen LogP contribution in [0.4, 0.5) is 13.6 Å². The maximum absolute atomic E-state index is 13.5. The summed E-state index contributed by atoms with van der Waals surface area (Å²) < 4.78 is 32.8. The van der Waals surface area contributed by atoms with E-state index in [2.05, 4.69) is 9.84 Å². The van der Waals surface area contributed by atoms with E-state index in [0.29, 0.717) is 10.7 Å². The van der Waals surface area contributed by atoms with Crippen molar-refractivity contribution in [3.63, 3.8) is 0 Å². The first-order valence-electron chi connectivity index (χ1n) is 6.65. The van der Waals surface area contributed by atoms with Gasteiger partial charge in [-0.15, -0.1) is 5.10 Å². The molecule has 0 aliphatic carbocycles. The van der Waals surface area contributed by atoms with E-state index in [4.69, 9.17) is 16.7 Å². The predicted octanol–water partition coefficient (Wildman–Crippen LogP) is 4.53. The third-order valence-corrected chi connectivity index (χ3v) is 3.33. The molecule has 0 spiro atoms. The van der Waals surface area contributed by atoms with Gasteiger partial charge in [-0.2, -0.15) is 0 Å². The van der Waals surface area contributed by atoms with Crippen LogP contribution in [-0.4, -0.2) is 21.0 Å². The molecule has 3 rings (SSSR count). The first-order valence-corrected chi connectivity index (χ1v) is 7.03. The van der Waals surface area contributed by atoms with E-state index < -0.39 is 17.8 Å². The number of hydrogen-bond acceptors (Lipinski definition) is 3. The number of carbonyl (C=O) groups is 1. The summed E-state index contributed by atoms with van der Waals surface area (Å²) in [5.74, 6) is -1.78. The smallest absolute Gasteiger partial charge is 0.449 e. The average Bonchev–Trinajstić information content (AvgIpc) is 2.89. The lowest BCUT2D eigenvalue weighted by atomic mass is 10.1. The Labute approximate surface area is 139 Å². The Morgan fingerprint density at radius 2 is 1.83 bits per heavy atom. The van der Waals surface area contributed by atoms with E-state index in [1.807, 2.05) is 0 Å². The minimum Gasteiger partial charge on any atom is -0.449 e. The van der Waals surface area contributed by atoms with Gasteiger partial charge in [0.2, 0.25) is 5.88 Å². The molecule has 0 unspecified atom stereocenters. The van der Waals surface area contributed by atoms with Gasteiger partial charge in [-0.25, -0.2) is 18.3 Å². The molecule has 1 heterocycles. The molecule has 1 aromatic heterocycles. The Bertz CT molecular complexity index is 907. The Hall–Kier alpha value is -2.93. The third-order valence-electron chi connectivity index (χ3n) is 3.09. The van der Waals surface area contributed by atoms with Gasteiger partial charge in [-0.3, -0.25) is 0 Å². The number of hydrogen-bond donors (Lipinski definition) is 1. The van der Waals surface area contributed by atoms with Crippen molar-refractivity contribution in [1.29, 1.82) is 0 Å². The number of benzene rings is 2. The molecule has 0 bridgehead atoms. The predicted molar refractivity (Wildman–Crippen MR) is 82.6 cm³/mol. The lowest BCUT2D eigenvalue weighted by Gasteiger charge is -2.08. The van der Waals surface area contributed by atoms with Crippen molar-refractivity contribution < 1.29 is 23.4 Å². The number of rotatable bonds is 3. The van der Waals surface area contributed by atoms with Gasteiger partial charge >= 0.3 is 6.16 Å². The monoisotopic (exact) mass is 350 g/mol. The summed E-state index contributed by atoms with van der Waals surface area (Å²) in [6, 6.07) is 10.7. The number of halogens is 3. The molecule has 24 heavy (non-hydrogen) atoms. The second kappa shape index (κ2) is 6.29. The lowest BCUT2D eigenvalue weighted by Crippen LogP contribution is -2.04. The molecule has 1 N–H and O–H groups in total. The SMILES string of the molecule is O=C(O)Oc1cc(-c2cc(F)cc(F)c2)n(-c2cccc(Cl)c2)n1. The maximum atomic E-state index is 13.5. The topological polar surface area (TPSA) is 64.3 Å². The minimum absolute atomic E-state index is 0.167. The fourth-order valence-corrected chi connectivity index (χ4v) is 2.40. The summed E-state index contributed by atoms with van der Waals surface area (Å²) in [7, 11) is 0. The molecule has 5 nitrogen and oxygen atoms in total. The largest absolute Gasteiger partial charge is 0.512 e. The average molecular weight is 351 g/mol. The first kappa shape index (κ1) is 15.9. The summed E-state index contributed by atoms with van der Waals surface area (Å²) in [5, 5.41) is 13.2. The van der Waals surface area contributed by atoms with E-state index in [1.165, 1.54) is 10.7 Å². The number of ether oxygens (including phenoxy) is 1. The van der Waals surface area contributed by atoms with Crippen molar-refractivity contribution in [2.75, 3.05) is 0 Å². The summed E-state index contributed by atoms with van der Waals surface area (Å²) in [4.78, 5) is 10.7. The Balaban J connectivity index is 2.19. The molecule has 3 aromatic rings. The van der Waals surface area contributed by atoms with Crippen molar-refractivity contribution in [3.8, 4) is 22.8 Å². The minimum atomic E-state index is -1.55.